The molecule has 0 atom stereocenters. The predicted octanol–water partition coefficient (Wildman–Crippen LogP) is 2.91. The highest BCUT2D eigenvalue weighted by Gasteiger charge is 2.10. The van der Waals surface area contributed by atoms with Crippen molar-refractivity contribution >= 4 is 21.9 Å². The van der Waals surface area contributed by atoms with E-state index in [1.807, 2.05) is 25.1 Å². The molecule has 17 heavy (non-hydrogen) atoms. The number of benzene rings is 1. The van der Waals surface area contributed by atoms with E-state index in [1.165, 1.54) is 6.20 Å². The molecule has 0 spiro atoms. The summed E-state index contributed by atoms with van der Waals surface area (Å²) in [5.74, 6) is -1.32. The van der Waals surface area contributed by atoms with Gasteiger partial charge in [-0.3, -0.25) is 0 Å². The van der Waals surface area contributed by atoms with Gasteiger partial charge in [-0.05, 0) is 30.7 Å². The number of hydrogen-bond acceptors (Lipinski definition) is 3. The number of halogens is 1. The number of aryl methyl sites for hydroxylation is 1. The van der Waals surface area contributed by atoms with Crippen molar-refractivity contribution in [3.8, 4) is 11.3 Å². The van der Waals surface area contributed by atoms with Gasteiger partial charge < -0.3 is 5.11 Å². The molecule has 0 fully saturated rings. The Balaban J connectivity index is 2.56. The topological polar surface area (TPSA) is 63.1 Å². The average molecular weight is 293 g/mol. The van der Waals surface area contributed by atoms with Gasteiger partial charge in [-0.1, -0.05) is 22.0 Å². The van der Waals surface area contributed by atoms with E-state index in [4.69, 9.17) is 5.11 Å². The van der Waals surface area contributed by atoms with Crippen molar-refractivity contribution in [1.29, 1.82) is 0 Å². The zero-order chi connectivity index (χ0) is 12.4. The Morgan fingerprint density at radius 2 is 2.12 bits per heavy atom. The van der Waals surface area contributed by atoms with Crippen molar-refractivity contribution in [1.82, 2.24) is 9.97 Å². The molecule has 2 rings (SSSR count). The Hall–Kier alpha value is -1.75. The first-order valence-corrected chi connectivity index (χ1v) is 5.70. The van der Waals surface area contributed by atoms with Gasteiger partial charge in [0.25, 0.3) is 0 Å². The smallest absolute Gasteiger partial charge is 0.373 e. The van der Waals surface area contributed by atoms with Crippen LogP contribution in [-0.2, 0) is 0 Å². The summed E-state index contributed by atoms with van der Waals surface area (Å²) in [5.41, 5.74) is 2.53. The molecule has 1 heterocycles. The predicted molar refractivity (Wildman–Crippen MR) is 66.9 cm³/mol. The Labute approximate surface area is 106 Å². The number of aromatic nitrogens is 2. The van der Waals surface area contributed by atoms with Gasteiger partial charge in [0, 0.05) is 16.2 Å². The number of hydrogen-bond donors (Lipinski definition) is 1. The second kappa shape index (κ2) is 4.63. The minimum absolute atomic E-state index is 0.193. The van der Waals surface area contributed by atoms with E-state index >= 15 is 0 Å². The maximum Gasteiger partial charge on any atom is 0.373 e. The van der Waals surface area contributed by atoms with Gasteiger partial charge in [0.15, 0.2) is 0 Å². The summed E-state index contributed by atoms with van der Waals surface area (Å²) >= 11 is 3.38. The molecule has 0 amide bonds. The standard InChI is InChI=1S/C12H9BrN2O2/c1-7-2-3-8(13)6-9(7)10-4-5-14-11(15-10)12(16)17/h2-6H,1H3,(H,16,17). The highest BCUT2D eigenvalue weighted by atomic mass is 79.9. The second-order valence-electron chi connectivity index (χ2n) is 3.53. The lowest BCUT2D eigenvalue weighted by atomic mass is 10.1. The average Bonchev–Trinajstić information content (AvgIpc) is 2.32. The number of aromatic carboxylic acids is 1. The lowest BCUT2D eigenvalue weighted by molar-refractivity contribution is 0.0683. The summed E-state index contributed by atoms with van der Waals surface area (Å²) in [4.78, 5) is 18.5. The highest BCUT2D eigenvalue weighted by molar-refractivity contribution is 9.10. The molecule has 1 aromatic carbocycles. The molecule has 0 bridgehead atoms. The monoisotopic (exact) mass is 292 g/mol. The van der Waals surface area contributed by atoms with Crippen LogP contribution in [0.5, 0.6) is 0 Å². The van der Waals surface area contributed by atoms with Crippen LogP contribution in [0.25, 0.3) is 11.3 Å². The molecular formula is C12H9BrN2O2. The van der Waals surface area contributed by atoms with Crippen molar-refractivity contribution in [2.75, 3.05) is 0 Å². The fourth-order valence-corrected chi connectivity index (χ4v) is 1.84. The molecule has 0 radical (unpaired) electrons. The van der Waals surface area contributed by atoms with Gasteiger partial charge in [0.05, 0.1) is 5.69 Å². The van der Waals surface area contributed by atoms with Crippen molar-refractivity contribution < 1.29 is 9.90 Å². The number of carboxylic acid groups (broad SMARTS) is 1. The minimum atomic E-state index is -1.13. The van der Waals surface area contributed by atoms with Crippen LogP contribution >= 0.6 is 15.9 Å². The first-order valence-electron chi connectivity index (χ1n) is 4.91. The van der Waals surface area contributed by atoms with E-state index in [9.17, 15) is 4.79 Å². The van der Waals surface area contributed by atoms with Crippen LogP contribution in [0, 0.1) is 6.92 Å². The van der Waals surface area contributed by atoms with Gasteiger partial charge in [-0.2, -0.15) is 0 Å². The third kappa shape index (κ3) is 2.50. The molecule has 0 saturated heterocycles. The Kier molecular flexibility index (Phi) is 3.19. The quantitative estimate of drug-likeness (QED) is 0.924. The molecule has 0 aliphatic carbocycles. The molecule has 4 nitrogen and oxygen atoms in total. The van der Waals surface area contributed by atoms with Gasteiger partial charge in [0.2, 0.25) is 5.82 Å². The summed E-state index contributed by atoms with van der Waals surface area (Å²) in [6, 6.07) is 7.48. The number of rotatable bonds is 2. The van der Waals surface area contributed by atoms with Gasteiger partial charge in [-0.15, -0.1) is 0 Å². The molecule has 0 unspecified atom stereocenters. The molecule has 2 aromatic rings. The summed E-state index contributed by atoms with van der Waals surface area (Å²) in [6.45, 7) is 1.95. The maximum atomic E-state index is 10.8. The zero-order valence-electron chi connectivity index (χ0n) is 9.01. The van der Waals surface area contributed by atoms with E-state index < -0.39 is 5.97 Å². The Morgan fingerprint density at radius 3 is 2.82 bits per heavy atom. The molecule has 1 aromatic heterocycles. The lowest BCUT2D eigenvalue weighted by Gasteiger charge is -2.06. The lowest BCUT2D eigenvalue weighted by Crippen LogP contribution is -2.04. The normalized spacial score (nSPS) is 10.2. The number of carboxylic acids is 1. The Bertz CT molecular complexity index is 584. The summed E-state index contributed by atoms with van der Waals surface area (Å²) < 4.78 is 0.925. The van der Waals surface area contributed by atoms with Crippen LogP contribution in [0.2, 0.25) is 0 Å². The molecule has 5 heteroatoms. The summed E-state index contributed by atoms with van der Waals surface area (Å²) in [5, 5.41) is 8.85. The molecule has 0 aliphatic rings. The minimum Gasteiger partial charge on any atom is -0.475 e. The molecular weight excluding hydrogens is 284 g/mol. The molecule has 1 N–H and O–H groups in total. The van der Waals surface area contributed by atoms with Crippen LogP contribution in [0.1, 0.15) is 16.2 Å². The highest BCUT2D eigenvalue weighted by Crippen LogP contribution is 2.25. The first-order chi connectivity index (χ1) is 8.08. The largest absolute Gasteiger partial charge is 0.475 e. The van der Waals surface area contributed by atoms with Crippen LogP contribution in [0.15, 0.2) is 34.9 Å². The fraction of sp³-hybridized carbons (Fsp3) is 0.0833. The maximum absolute atomic E-state index is 10.8. The third-order valence-electron chi connectivity index (χ3n) is 2.32. The van der Waals surface area contributed by atoms with Gasteiger partial charge >= 0.3 is 5.97 Å². The molecule has 86 valence electrons. The van der Waals surface area contributed by atoms with Gasteiger partial charge in [-0.25, -0.2) is 14.8 Å². The van der Waals surface area contributed by atoms with Crippen molar-refractivity contribution in [3.63, 3.8) is 0 Å². The van der Waals surface area contributed by atoms with E-state index in [0.29, 0.717) is 5.69 Å². The van der Waals surface area contributed by atoms with Crippen molar-refractivity contribution in [2.24, 2.45) is 0 Å². The van der Waals surface area contributed by atoms with Crippen LogP contribution in [0.4, 0.5) is 0 Å². The van der Waals surface area contributed by atoms with Crippen LogP contribution in [0.3, 0.4) is 0 Å². The van der Waals surface area contributed by atoms with Crippen LogP contribution < -0.4 is 0 Å². The van der Waals surface area contributed by atoms with Crippen LogP contribution in [-0.4, -0.2) is 21.0 Å². The number of nitrogens with zero attached hydrogens (tertiary/aromatic N) is 2. The Morgan fingerprint density at radius 1 is 1.35 bits per heavy atom. The van der Waals surface area contributed by atoms with E-state index in [2.05, 4.69) is 25.9 Å². The number of carbonyl (C=O) groups is 1. The van der Waals surface area contributed by atoms with Gasteiger partial charge in [0.1, 0.15) is 0 Å². The van der Waals surface area contributed by atoms with Crippen molar-refractivity contribution in [3.05, 3.63) is 46.3 Å². The fourth-order valence-electron chi connectivity index (χ4n) is 1.48. The SMILES string of the molecule is Cc1ccc(Br)cc1-c1ccnc(C(=O)O)n1. The van der Waals surface area contributed by atoms with E-state index in [-0.39, 0.29) is 5.82 Å². The summed E-state index contributed by atoms with van der Waals surface area (Å²) in [6.07, 6.45) is 1.45. The molecule has 0 saturated carbocycles. The van der Waals surface area contributed by atoms with E-state index in [1.54, 1.807) is 6.07 Å². The zero-order valence-corrected chi connectivity index (χ0v) is 10.6. The summed E-state index contributed by atoms with van der Waals surface area (Å²) in [7, 11) is 0. The third-order valence-corrected chi connectivity index (χ3v) is 2.82. The van der Waals surface area contributed by atoms with E-state index in [0.717, 1.165) is 15.6 Å². The van der Waals surface area contributed by atoms with Crippen molar-refractivity contribution in [2.45, 2.75) is 6.92 Å². The molecule has 0 aliphatic heterocycles. The first kappa shape index (κ1) is 11.7. The second-order valence-corrected chi connectivity index (χ2v) is 4.45.